The minimum Gasteiger partial charge on any atom is -0.389 e. The molecule has 0 radical (unpaired) electrons. The topological polar surface area (TPSA) is 125 Å². The number of benzene rings is 1. The van der Waals surface area contributed by atoms with E-state index in [9.17, 15) is 23.1 Å². The lowest BCUT2D eigenvalue weighted by Crippen LogP contribution is -2.54. The van der Waals surface area contributed by atoms with Crippen LogP contribution in [0.5, 0.6) is 0 Å². The van der Waals surface area contributed by atoms with Crippen LogP contribution < -0.4 is 10.2 Å². The molecule has 2 aliphatic rings. The van der Waals surface area contributed by atoms with Crippen molar-refractivity contribution in [2.24, 2.45) is 0 Å². The molecule has 0 spiro atoms. The van der Waals surface area contributed by atoms with E-state index >= 15 is 0 Å². The number of likely N-dealkylation sites (tertiary alicyclic amines) is 1. The lowest BCUT2D eigenvalue weighted by atomic mass is 10.0. The summed E-state index contributed by atoms with van der Waals surface area (Å²) in [4.78, 5) is 34.6. The van der Waals surface area contributed by atoms with Gasteiger partial charge in [-0.25, -0.2) is 28.1 Å². The molecule has 15 heteroatoms. The molecule has 2 fully saturated rings. The van der Waals surface area contributed by atoms with Crippen molar-refractivity contribution in [1.82, 2.24) is 34.6 Å². The average molecular weight is 642 g/mol. The summed E-state index contributed by atoms with van der Waals surface area (Å²) in [5, 5.41) is 16.9. The molecule has 1 amide bonds. The maximum atomic E-state index is 14.7. The van der Waals surface area contributed by atoms with Gasteiger partial charge in [-0.3, -0.25) is 19.4 Å². The van der Waals surface area contributed by atoms with Gasteiger partial charge in [-0.15, -0.1) is 0 Å². The third-order valence-electron chi connectivity index (χ3n) is 8.28. The number of hydrogen-bond donors (Lipinski definition) is 2. The van der Waals surface area contributed by atoms with Crippen LogP contribution in [0.15, 0.2) is 49.3 Å². The SMILES string of the molecule is CC(c1cnc(N2CC[C@H]2CN2CCC(C)(O)C2)nc1)n1cc(NC(=O)c2cncc(-c3c(C(F)F)ccc(Cl)c3F)n2)cn1. The normalized spacial score (nSPS) is 20.8. The summed E-state index contributed by atoms with van der Waals surface area (Å²) in [5.41, 5.74) is -1.06. The highest BCUT2D eigenvalue weighted by Crippen LogP contribution is 2.35. The molecule has 5 heterocycles. The smallest absolute Gasteiger partial charge is 0.275 e. The Hall–Kier alpha value is -4.14. The number of nitrogens with one attached hydrogen (secondary N) is 1. The zero-order chi connectivity index (χ0) is 31.9. The van der Waals surface area contributed by atoms with Crippen LogP contribution in [0.25, 0.3) is 11.3 Å². The second kappa shape index (κ2) is 12.3. The van der Waals surface area contributed by atoms with Crippen LogP contribution in [0.3, 0.4) is 0 Å². The number of carbonyl (C=O) groups is 1. The van der Waals surface area contributed by atoms with Gasteiger partial charge in [0, 0.05) is 67.5 Å². The van der Waals surface area contributed by atoms with Gasteiger partial charge in [-0.1, -0.05) is 17.7 Å². The molecule has 236 valence electrons. The van der Waals surface area contributed by atoms with E-state index in [0.717, 1.165) is 62.6 Å². The molecule has 1 aromatic carbocycles. The van der Waals surface area contributed by atoms with Crippen molar-refractivity contribution in [3.63, 3.8) is 0 Å². The molecule has 2 unspecified atom stereocenters. The highest BCUT2D eigenvalue weighted by atomic mass is 35.5. The Morgan fingerprint density at radius 1 is 1.18 bits per heavy atom. The van der Waals surface area contributed by atoms with E-state index in [2.05, 4.69) is 40.2 Å². The highest BCUT2D eigenvalue weighted by Gasteiger charge is 2.37. The van der Waals surface area contributed by atoms with Crippen LogP contribution in [0, 0.1) is 5.82 Å². The van der Waals surface area contributed by atoms with Gasteiger partial charge in [0.05, 0.1) is 46.6 Å². The third-order valence-corrected chi connectivity index (χ3v) is 8.57. The first kappa shape index (κ1) is 30.9. The first-order valence-corrected chi connectivity index (χ1v) is 14.8. The van der Waals surface area contributed by atoms with Crippen molar-refractivity contribution < 1.29 is 23.1 Å². The second-order valence-corrected chi connectivity index (χ2v) is 12.1. The molecule has 0 saturated carbocycles. The van der Waals surface area contributed by atoms with E-state index in [1.165, 1.54) is 6.20 Å². The number of anilines is 2. The minimum atomic E-state index is -2.99. The standard InChI is InChI=1S/C30H31ClF3N9O2/c1-17(18-9-36-29(37-10-18)42-7-5-20(42)15-41-8-6-30(2,45)16-41)43-14-19(11-38-43)39-28(44)24-13-35-12-23(40-24)25-21(27(33)34)3-4-22(31)26(25)32/h3-4,9-14,17,20,27,45H,5-8,15-16H2,1-2H3,(H,39,44)/t17?,20-,30?/m0/s1. The van der Waals surface area contributed by atoms with Gasteiger partial charge in [-0.05, 0) is 32.8 Å². The van der Waals surface area contributed by atoms with Crippen LogP contribution in [-0.4, -0.2) is 83.5 Å². The monoisotopic (exact) mass is 641 g/mol. The van der Waals surface area contributed by atoms with Crippen LogP contribution in [0.4, 0.5) is 24.8 Å². The Labute approximate surface area is 262 Å². The number of rotatable bonds is 9. The van der Waals surface area contributed by atoms with E-state index in [0.29, 0.717) is 24.2 Å². The van der Waals surface area contributed by atoms with Crippen LogP contribution >= 0.6 is 11.6 Å². The summed E-state index contributed by atoms with van der Waals surface area (Å²) in [6.45, 7) is 7.08. The number of aromatic nitrogens is 6. The molecule has 0 bridgehead atoms. The summed E-state index contributed by atoms with van der Waals surface area (Å²) in [7, 11) is 0. The van der Waals surface area contributed by atoms with E-state index in [-0.39, 0.29) is 22.5 Å². The number of halogens is 4. The van der Waals surface area contributed by atoms with Gasteiger partial charge in [0.15, 0.2) is 5.82 Å². The third kappa shape index (κ3) is 6.49. The van der Waals surface area contributed by atoms with E-state index in [1.54, 1.807) is 23.3 Å². The van der Waals surface area contributed by atoms with Crippen molar-refractivity contribution >= 4 is 29.1 Å². The molecule has 4 aromatic rings. The van der Waals surface area contributed by atoms with E-state index in [4.69, 9.17) is 11.6 Å². The van der Waals surface area contributed by atoms with Crippen molar-refractivity contribution in [1.29, 1.82) is 0 Å². The average Bonchev–Trinajstić information content (AvgIpc) is 3.61. The summed E-state index contributed by atoms with van der Waals surface area (Å²) < 4.78 is 43.5. The lowest BCUT2D eigenvalue weighted by molar-refractivity contribution is 0.0671. The molecular weight excluding hydrogens is 611 g/mol. The number of β-amino-alcohol motifs (C(OH)–C–C–N with tert-alkyl or cyclic N) is 1. The van der Waals surface area contributed by atoms with E-state index < -0.39 is 34.9 Å². The number of nitrogens with zero attached hydrogens (tertiary/aromatic N) is 8. The Balaban J connectivity index is 1.10. The Kier molecular flexibility index (Phi) is 8.46. The molecule has 3 aromatic heterocycles. The molecule has 2 saturated heterocycles. The number of amides is 1. The number of alkyl halides is 2. The molecule has 11 nitrogen and oxygen atoms in total. The van der Waals surface area contributed by atoms with Gasteiger partial charge in [0.25, 0.3) is 12.3 Å². The molecule has 0 aliphatic carbocycles. The predicted molar refractivity (Wildman–Crippen MR) is 161 cm³/mol. The summed E-state index contributed by atoms with van der Waals surface area (Å²) in [6, 6.07) is 2.10. The van der Waals surface area contributed by atoms with Gasteiger partial charge in [-0.2, -0.15) is 5.10 Å². The second-order valence-electron chi connectivity index (χ2n) is 11.7. The van der Waals surface area contributed by atoms with Crippen LogP contribution in [0.2, 0.25) is 5.02 Å². The van der Waals surface area contributed by atoms with Crippen molar-refractivity contribution in [2.45, 2.75) is 50.8 Å². The number of aliphatic hydroxyl groups is 1. The Morgan fingerprint density at radius 3 is 2.62 bits per heavy atom. The fraction of sp³-hybridized carbons (Fsp3) is 0.400. The zero-order valence-electron chi connectivity index (χ0n) is 24.5. The zero-order valence-corrected chi connectivity index (χ0v) is 25.3. The van der Waals surface area contributed by atoms with Crippen molar-refractivity contribution in [3.05, 3.63) is 77.0 Å². The number of hydrogen-bond acceptors (Lipinski definition) is 9. The van der Waals surface area contributed by atoms with Gasteiger partial charge >= 0.3 is 0 Å². The number of carbonyl (C=O) groups excluding carboxylic acids is 1. The first-order chi connectivity index (χ1) is 21.5. The largest absolute Gasteiger partial charge is 0.389 e. The quantitative estimate of drug-likeness (QED) is 0.266. The maximum absolute atomic E-state index is 14.7. The first-order valence-electron chi connectivity index (χ1n) is 14.5. The molecular formula is C30H31ClF3N9O2. The van der Waals surface area contributed by atoms with Crippen molar-refractivity contribution in [2.75, 3.05) is 36.4 Å². The van der Waals surface area contributed by atoms with Crippen LogP contribution in [-0.2, 0) is 0 Å². The highest BCUT2D eigenvalue weighted by molar-refractivity contribution is 6.31. The Bertz CT molecular complexity index is 1700. The van der Waals surface area contributed by atoms with Crippen LogP contribution in [0.1, 0.15) is 60.8 Å². The Morgan fingerprint density at radius 2 is 1.96 bits per heavy atom. The van der Waals surface area contributed by atoms with Gasteiger partial charge in [0.2, 0.25) is 5.95 Å². The molecule has 6 rings (SSSR count). The predicted octanol–water partition coefficient (Wildman–Crippen LogP) is 4.76. The van der Waals surface area contributed by atoms with Crippen molar-refractivity contribution in [3.8, 4) is 11.3 Å². The maximum Gasteiger partial charge on any atom is 0.275 e. The lowest BCUT2D eigenvalue weighted by Gasteiger charge is -2.43. The van der Waals surface area contributed by atoms with Gasteiger partial charge in [0.1, 0.15) is 5.69 Å². The fourth-order valence-corrected chi connectivity index (χ4v) is 5.81. The molecule has 2 aliphatic heterocycles. The van der Waals surface area contributed by atoms with E-state index in [1.807, 2.05) is 13.8 Å². The minimum absolute atomic E-state index is 0.212. The summed E-state index contributed by atoms with van der Waals surface area (Å²) >= 11 is 5.82. The summed E-state index contributed by atoms with van der Waals surface area (Å²) in [5.74, 6) is -1.11. The summed E-state index contributed by atoms with van der Waals surface area (Å²) in [6.07, 6.45) is 7.65. The molecule has 2 N–H and O–H groups in total. The fourth-order valence-electron chi connectivity index (χ4n) is 5.65. The molecule has 45 heavy (non-hydrogen) atoms. The van der Waals surface area contributed by atoms with Gasteiger partial charge < -0.3 is 15.3 Å². The molecule has 3 atom stereocenters.